The van der Waals surface area contributed by atoms with E-state index >= 15 is 0 Å². The normalized spacial score (nSPS) is 16.5. The minimum absolute atomic E-state index is 0.0521. The number of hydrogen-bond donors (Lipinski definition) is 2. The Bertz CT molecular complexity index is 406. The third kappa shape index (κ3) is 4.29. The zero-order valence-electron chi connectivity index (χ0n) is 10.1. The highest BCUT2D eigenvalue weighted by atomic mass is 35.5. The molecule has 0 atom stereocenters. The molecule has 1 heterocycles. The van der Waals surface area contributed by atoms with Gasteiger partial charge in [0.25, 0.3) is 0 Å². The Hall–Kier alpha value is -1.10. The fourth-order valence-corrected chi connectivity index (χ4v) is 2.10. The highest BCUT2D eigenvalue weighted by Gasteiger charge is 2.14. The van der Waals surface area contributed by atoms with Gasteiger partial charge in [0, 0.05) is 30.0 Å². The van der Waals surface area contributed by atoms with Crippen LogP contribution in [0.15, 0.2) is 24.3 Å². The number of halogens is 1. The molecule has 18 heavy (non-hydrogen) atoms. The number of carbonyl (C=O) groups is 1. The first-order valence-electron chi connectivity index (χ1n) is 6.10. The Labute approximate surface area is 112 Å². The van der Waals surface area contributed by atoms with Gasteiger partial charge in [0.05, 0.1) is 6.54 Å². The van der Waals surface area contributed by atoms with Crippen LogP contribution >= 0.6 is 11.6 Å². The lowest BCUT2D eigenvalue weighted by Crippen LogP contribution is -2.39. The number of amides is 1. The van der Waals surface area contributed by atoms with Gasteiger partial charge in [0.15, 0.2) is 0 Å². The van der Waals surface area contributed by atoms with E-state index in [1.807, 2.05) is 12.1 Å². The molecule has 5 heteroatoms. The standard InChI is InChI=1S/C13H17ClN2O2/c14-10-2-1-3-12(8-10)16-13(17)9-15-11-4-6-18-7-5-11/h1-3,8,11,15H,4-7,9H2,(H,16,17). The summed E-state index contributed by atoms with van der Waals surface area (Å²) in [4.78, 5) is 11.7. The highest BCUT2D eigenvalue weighted by molar-refractivity contribution is 6.30. The van der Waals surface area contributed by atoms with Crippen molar-refractivity contribution in [1.29, 1.82) is 0 Å². The first-order chi connectivity index (χ1) is 8.74. The molecule has 0 spiro atoms. The molecule has 0 saturated carbocycles. The quantitative estimate of drug-likeness (QED) is 0.879. The summed E-state index contributed by atoms with van der Waals surface area (Å²) in [5.41, 5.74) is 0.723. The van der Waals surface area contributed by atoms with Crippen molar-refractivity contribution in [2.45, 2.75) is 18.9 Å². The van der Waals surface area contributed by atoms with Crippen molar-refractivity contribution in [3.8, 4) is 0 Å². The number of ether oxygens (including phenoxy) is 1. The number of rotatable bonds is 4. The fraction of sp³-hybridized carbons (Fsp3) is 0.462. The largest absolute Gasteiger partial charge is 0.381 e. The van der Waals surface area contributed by atoms with E-state index in [2.05, 4.69) is 10.6 Å². The molecule has 4 nitrogen and oxygen atoms in total. The van der Waals surface area contributed by atoms with Crippen LogP contribution in [0.25, 0.3) is 0 Å². The molecular weight excluding hydrogens is 252 g/mol. The summed E-state index contributed by atoms with van der Waals surface area (Å²) in [6, 6.07) is 7.51. The van der Waals surface area contributed by atoms with E-state index in [9.17, 15) is 4.79 Å². The summed E-state index contributed by atoms with van der Waals surface area (Å²) < 4.78 is 5.26. The van der Waals surface area contributed by atoms with Crippen molar-refractivity contribution in [2.75, 3.05) is 25.1 Å². The van der Waals surface area contributed by atoms with Crippen LogP contribution in [0.5, 0.6) is 0 Å². The number of nitrogens with one attached hydrogen (secondary N) is 2. The smallest absolute Gasteiger partial charge is 0.238 e. The molecule has 1 aliphatic heterocycles. The van der Waals surface area contributed by atoms with Crippen molar-refractivity contribution < 1.29 is 9.53 Å². The third-order valence-corrected chi connectivity index (χ3v) is 3.12. The van der Waals surface area contributed by atoms with Gasteiger partial charge in [0.1, 0.15) is 0 Å². The zero-order valence-corrected chi connectivity index (χ0v) is 10.9. The van der Waals surface area contributed by atoms with Gasteiger partial charge in [-0.2, -0.15) is 0 Å². The summed E-state index contributed by atoms with van der Waals surface area (Å²) in [7, 11) is 0. The molecule has 0 aliphatic carbocycles. The van der Waals surface area contributed by atoms with Crippen molar-refractivity contribution in [1.82, 2.24) is 5.32 Å². The second-order valence-electron chi connectivity index (χ2n) is 4.33. The van der Waals surface area contributed by atoms with Crippen molar-refractivity contribution in [3.05, 3.63) is 29.3 Å². The number of benzene rings is 1. The molecule has 0 unspecified atom stereocenters. The lowest BCUT2D eigenvalue weighted by Gasteiger charge is -2.22. The van der Waals surface area contributed by atoms with Crippen molar-refractivity contribution in [2.24, 2.45) is 0 Å². The Balaban J connectivity index is 1.74. The van der Waals surface area contributed by atoms with Crippen LogP contribution in [-0.4, -0.2) is 31.7 Å². The van der Waals surface area contributed by atoms with Gasteiger partial charge in [-0.05, 0) is 31.0 Å². The topological polar surface area (TPSA) is 50.4 Å². The van der Waals surface area contributed by atoms with E-state index in [4.69, 9.17) is 16.3 Å². The van der Waals surface area contributed by atoms with Crippen LogP contribution < -0.4 is 10.6 Å². The van der Waals surface area contributed by atoms with E-state index in [1.165, 1.54) is 0 Å². The molecule has 2 N–H and O–H groups in total. The maximum absolute atomic E-state index is 11.7. The van der Waals surface area contributed by atoms with Crippen molar-refractivity contribution in [3.63, 3.8) is 0 Å². The van der Waals surface area contributed by atoms with E-state index in [1.54, 1.807) is 12.1 Å². The summed E-state index contributed by atoms with van der Waals surface area (Å²) in [6.07, 6.45) is 1.93. The fourth-order valence-electron chi connectivity index (χ4n) is 1.91. The van der Waals surface area contributed by atoms with Gasteiger partial charge in [-0.25, -0.2) is 0 Å². The average Bonchev–Trinajstić information content (AvgIpc) is 2.38. The number of hydrogen-bond acceptors (Lipinski definition) is 3. The molecule has 1 saturated heterocycles. The maximum atomic E-state index is 11.7. The Morgan fingerprint density at radius 2 is 2.17 bits per heavy atom. The summed E-state index contributed by atoms with van der Waals surface area (Å²) >= 11 is 5.85. The Morgan fingerprint density at radius 3 is 2.89 bits per heavy atom. The molecule has 1 aliphatic rings. The molecule has 1 aromatic rings. The van der Waals surface area contributed by atoms with Gasteiger partial charge in [-0.3, -0.25) is 4.79 Å². The lowest BCUT2D eigenvalue weighted by atomic mass is 10.1. The third-order valence-electron chi connectivity index (χ3n) is 2.88. The van der Waals surface area contributed by atoms with Gasteiger partial charge in [0.2, 0.25) is 5.91 Å². The monoisotopic (exact) mass is 268 g/mol. The van der Waals surface area contributed by atoms with Crippen LogP contribution in [0.2, 0.25) is 5.02 Å². The predicted octanol–water partition coefficient (Wildman–Crippen LogP) is 2.05. The SMILES string of the molecule is O=C(CNC1CCOCC1)Nc1cccc(Cl)c1. The molecule has 0 bridgehead atoms. The Morgan fingerprint density at radius 1 is 1.39 bits per heavy atom. The van der Waals surface area contributed by atoms with Crippen LogP contribution in [0.1, 0.15) is 12.8 Å². The number of carbonyl (C=O) groups excluding carboxylic acids is 1. The molecule has 1 fully saturated rings. The van der Waals surface area contributed by atoms with Gasteiger partial charge in [-0.1, -0.05) is 17.7 Å². The molecule has 1 aromatic carbocycles. The second-order valence-corrected chi connectivity index (χ2v) is 4.76. The molecule has 2 rings (SSSR count). The molecular formula is C13H17ClN2O2. The minimum atomic E-state index is -0.0521. The van der Waals surface area contributed by atoms with E-state index in [0.29, 0.717) is 17.6 Å². The molecule has 98 valence electrons. The van der Waals surface area contributed by atoms with Crippen LogP contribution in [0.4, 0.5) is 5.69 Å². The van der Waals surface area contributed by atoms with Crippen LogP contribution in [-0.2, 0) is 9.53 Å². The average molecular weight is 269 g/mol. The number of anilines is 1. The van der Waals surface area contributed by atoms with Gasteiger partial charge >= 0.3 is 0 Å². The van der Waals surface area contributed by atoms with Crippen LogP contribution in [0, 0.1) is 0 Å². The van der Waals surface area contributed by atoms with E-state index in [-0.39, 0.29) is 5.91 Å². The van der Waals surface area contributed by atoms with Crippen LogP contribution in [0.3, 0.4) is 0 Å². The Kier molecular flexibility index (Phi) is 4.99. The molecule has 0 aromatic heterocycles. The van der Waals surface area contributed by atoms with Gasteiger partial charge in [-0.15, -0.1) is 0 Å². The maximum Gasteiger partial charge on any atom is 0.238 e. The predicted molar refractivity (Wildman–Crippen MR) is 71.9 cm³/mol. The lowest BCUT2D eigenvalue weighted by molar-refractivity contribution is -0.115. The summed E-state index contributed by atoms with van der Waals surface area (Å²) in [5, 5.41) is 6.65. The first-order valence-corrected chi connectivity index (χ1v) is 6.48. The molecule has 1 amide bonds. The second kappa shape index (κ2) is 6.73. The van der Waals surface area contributed by atoms with E-state index in [0.717, 1.165) is 31.7 Å². The summed E-state index contributed by atoms with van der Waals surface area (Å²) in [5.74, 6) is -0.0521. The zero-order chi connectivity index (χ0) is 12.8. The highest BCUT2D eigenvalue weighted by Crippen LogP contribution is 2.14. The first kappa shape index (κ1) is 13.3. The van der Waals surface area contributed by atoms with Crippen molar-refractivity contribution >= 4 is 23.2 Å². The van der Waals surface area contributed by atoms with Gasteiger partial charge < -0.3 is 15.4 Å². The molecule has 0 radical (unpaired) electrons. The summed E-state index contributed by atoms with van der Waals surface area (Å²) in [6.45, 7) is 1.86. The van der Waals surface area contributed by atoms with E-state index < -0.39 is 0 Å². The minimum Gasteiger partial charge on any atom is -0.381 e.